The number of benzene rings is 2. The molecule has 1 aromatic heterocycles. The molecule has 0 spiro atoms. The number of hydrogen-bond acceptors (Lipinski definition) is 3. The number of aromatic nitrogens is 2. The second kappa shape index (κ2) is 8.00. The molecule has 1 saturated heterocycles. The van der Waals surface area contributed by atoms with Crippen LogP contribution < -0.4 is 0 Å². The van der Waals surface area contributed by atoms with Crippen molar-refractivity contribution < 1.29 is 8.42 Å². The molecule has 0 amide bonds. The van der Waals surface area contributed by atoms with Crippen molar-refractivity contribution in [2.75, 3.05) is 13.1 Å². The first-order chi connectivity index (χ1) is 14.3. The first kappa shape index (κ1) is 20.8. The van der Waals surface area contributed by atoms with Crippen LogP contribution in [0, 0.1) is 0 Å². The van der Waals surface area contributed by atoms with Gasteiger partial charge in [0.25, 0.3) is 0 Å². The predicted molar refractivity (Wildman–Crippen MR) is 120 cm³/mol. The number of hydrogen-bond donors (Lipinski definition) is 0. The zero-order valence-electron chi connectivity index (χ0n) is 17.9. The topological polar surface area (TPSA) is 55.2 Å². The van der Waals surface area contributed by atoms with Crippen molar-refractivity contribution in [2.24, 2.45) is 0 Å². The standard InChI is InChI=1S/C24H29N3O2S/c1-24(2,3)22-18-27(20-10-6-4-7-11-20)25-23(22)19-12-14-21(15-13-19)30(28,29)26-16-8-5-9-17-26/h4,6-7,10-15,18H,5,8-9,16-17H2,1-3H3. The van der Waals surface area contributed by atoms with Crippen molar-refractivity contribution in [3.63, 3.8) is 0 Å². The molecular formula is C24H29N3O2S. The first-order valence-electron chi connectivity index (χ1n) is 10.5. The normalized spacial score (nSPS) is 16.0. The Kier molecular flexibility index (Phi) is 5.55. The van der Waals surface area contributed by atoms with Gasteiger partial charge in [-0.1, -0.05) is 57.5 Å². The van der Waals surface area contributed by atoms with Gasteiger partial charge in [-0.3, -0.25) is 0 Å². The van der Waals surface area contributed by atoms with Crippen LogP contribution in [0.4, 0.5) is 0 Å². The lowest BCUT2D eigenvalue weighted by Gasteiger charge is -2.26. The molecule has 0 atom stereocenters. The average Bonchev–Trinajstić information content (AvgIpc) is 3.21. The van der Waals surface area contributed by atoms with Crippen molar-refractivity contribution in [2.45, 2.75) is 50.3 Å². The Balaban J connectivity index is 1.71. The Bertz CT molecular complexity index is 1110. The van der Waals surface area contributed by atoms with Gasteiger partial charge in [-0.2, -0.15) is 9.40 Å². The van der Waals surface area contributed by atoms with Gasteiger partial charge < -0.3 is 0 Å². The lowest BCUT2D eigenvalue weighted by Crippen LogP contribution is -2.35. The Morgan fingerprint density at radius 1 is 0.867 bits per heavy atom. The van der Waals surface area contributed by atoms with Gasteiger partial charge in [-0.15, -0.1) is 0 Å². The third kappa shape index (κ3) is 4.07. The fraction of sp³-hybridized carbons (Fsp3) is 0.375. The highest BCUT2D eigenvalue weighted by Gasteiger charge is 2.27. The van der Waals surface area contributed by atoms with E-state index in [2.05, 4.69) is 27.0 Å². The Hall–Kier alpha value is -2.44. The largest absolute Gasteiger partial charge is 0.243 e. The van der Waals surface area contributed by atoms with Crippen LogP contribution in [0.15, 0.2) is 65.7 Å². The molecule has 0 bridgehead atoms. The third-order valence-electron chi connectivity index (χ3n) is 5.62. The summed E-state index contributed by atoms with van der Waals surface area (Å²) in [6, 6.07) is 17.2. The van der Waals surface area contributed by atoms with Crippen LogP contribution in [-0.4, -0.2) is 35.6 Å². The number of piperidine rings is 1. The van der Waals surface area contributed by atoms with E-state index in [4.69, 9.17) is 5.10 Å². The molecular weight excluding hydrogens is 394 g/mol. The molecule has 0 aliphatic carbocycles. The summed E-state index contributed by atoms with van der Waals surface area (Å²) in [6.45, 7) is 7.72. The van der Waals surface area contributed by atoms with Crippen molar-refractivity contribution in [3.8, 4) is 16.9 Å². The molecule has 1 fully saturated rings. The summed E-state index contributed by atoms with van der Waals surface area (Å²) in [7, 11) is -3.43. The maximum atomic E-state index is 13.0. The average molecular weight is 424 g/mol. The molecule has 158 valence electrons. The van der Waals surface area contributed by atoms with Crippen LogP contribution in [0.3, 0.4) is 0 Å². The molecule has 0 N–H and O–H groups in total. The fourth-order valence-corrected chi connectivity index (χ4v) is 5.41. The van der Waals surface area contributed by atoms with E-state index < -0.39 is 10.0 Å². The SMILES string of the molecule is CC(C)(C)c1cn(-c2ccccc2)nc1-c1ccc(S(=O)(=O)N2CCCCC2)cc1. The predicted octanol–water partition coefficient (Wildman–Crippen LogP) is 5.01. The van der Waals surface area contributed by atoms with Gasteiger partial charge in [-0.25, -0.2) is 13.1 Å². The molecule has 3 aromatic rings. The Labute approximate surface area is 179 Å². The molecule has 5 nitrogen and oxygen atoms in total. The highest BCUT2D eigenvalue weighted by Crippen LogP contribution is 2.33. The minimum absolute atomic E-state index is 0.0963. The second-order valence-corrected chi connectivity index (χ2v) is 10.8. The Morgan fingerprint density at radius 3 is 2.10 bits per heavy atom. The fourth-order valence-electron chi connectivity index (χ4n) is 3.89. The Morgan fingerprint density at radius 2 is 1.50 bits per heavy atom. The van der Waals surface area contributed by atoms with Crippen molar-refractivity contribution >= 4 is 10.0 Å². The minimum Gasteiger partial charge on any atom is -0.240 e. The smallest absolute Gasteiger partial charge is 0.240 e. The molecule has 2 heterocycles. The summed E-state index contributed by atoms with van der Waals surface area (Å²) in [5.41, 5.74) is 3.83. The van der Waals surface area contributed by atoms with E-state index in [-0.39, 0.29) is 5.41 Å². The lowest BCUT2D eigenvalue weighted by molar-refractivity contribution is 0.346. The van der Waals surface area contributed by atoms with Crippen LogP contribution in [0.5, 0.6) is 0 Å². The molecule has 30 heavy (non-hydrogen) atoms. The second-order valence-electron chi connectivity index (χ2n) is 8.91. The van der Waals surface area contributed by atoms with E-state index in [0.29, 0.717) is 18.0 Å². The van der Waals surface area contributed by atoms with E-state index in [1.54, 1.807) is 16.4 Å². The van der Waals surface area contributed by atoms with Crippen LogP contribution in [-0.2, 0) is 15.4 Å². The van der Waals surface area contributed by atoms with E-state index in [1.807, 2.05) is 47.1 Å². The van der Waals surface area contributed by atoms with E-state index in [0.717, 1.165) is 41.8 Å². The maximum absolute atomic E-state index is 13.0. The molecule has 1 aliphatic heterocycles. The van der Waals surface area contributed by atoms with Crippen molar-refractivity contribution in [1.29, 1.82) is 0 Å². The van der Waals surface area contributed by atoms with Crippen molar-refractivity contribution in [3.05, 3.63) is 66.4 Å². The number of nitrogens with zero attached hydrogens (tertiary/aromatic N) is 3. The van der Waals surface area contributed by atoms with Crippen LogP contribution in [0.2, 0.25) is 0 Å². The lowest BCUT2D eigenvalue weighted by atomic mass is 9.86. The van der Waals surface area contributed by atoms with Crippen LogP contribution in [0.25, 0.3) is 16.9 Å². The van der Waals surface area contributed by atoms with E-state index in [1.165, 1.54) is 0 Å². The van der Waals surface area contributed by atoms with Gasteiger partial charge in [0.05, 0.1) is 16.3 Å². The number of sulfonamides is 1. The molecule has 0 radical (unpaired) electrons. The van der Waals surface area contributed by atoms with Gasteiger partial charge in [0.2, 0.25) is 10.0 Å². The van der Waals surface area contributed by atoms with Crippen LogP contribution >= 0.6 is 0 Å². The summed E-state index contributed by atoms with van der Waals surface area (Å²) in [5.74, 6) is 0. The summed E-state index contributed by atoms with van der Waals surface area (Å²) in [5, 5.41) is 4.86. The molecule has 1 aliphatic rings. The van der Waals surface area contributed by atoms with Gasteiger partial charge in [0.1, 0.15) is 0 Å². The van der Waals surface area contributed by atoms with Gasteiger partial charge in [0.15, 0.2) is 0 Å². The zero-order chi connectivity index (χ0) is 21.4. The quantitative estimate of drug-likeness (QED) is 0.593. The number of rotatable bonds is 4. The summed E-state index contributed by atoms with van der Waals surface area (Å²) >= 11 is 0. The highest BCUT2D eigenvalue weighted by molar-refractivity contribution is 7.89. The summed E-state index contributed by atoms with van der Waals surface area (Å²) in [4.78, 5) is 0.355. The van der Waals surface area contributed by atoms with Crippen molar-refractivity contribution in [1.82, 2.24) is 14.1 Å². The minimum atomic E-state index is -3.43. The summed E-state index contributed by atoms with van der Waals surface area (Å²) in [6.07, 6.45) is 5.04. The van der Waals surface area contributed by atoms with E-state index >= 15 is 0 Å². The maximum Gasteiger partial charge on any atom is 0.243 e. The summed E-state index contributed by atoms with van der Waals surface area (Å²) < 4.78 is 29.4. The zero-order valence-corrected chi connectivity index (χ0v) is 18.7. The number of para-hydroxylation sites is 1. The van der Waals surface area contributed by atoms with Crippen LogP contribution in [0.1, 0.15) is 45.6 Å². The molecule has 2 aromatic carbocycles. The van der Waals surface area contributed by atoms with Gasteiger partial charge in [0, 0.05) is 30.4 Å². The van der Waals surface area contributed by atoms with Gasteiger partial charge in [-0.05, 0) is 42.5 Å². The molecule has 0 unspecified atom stereocenters. The van der Waals surface area contributed by atoms with Gasteiger partial charge >= 0.3 is 0 Å². The highest BCUT2D eigenvalue weighted by atomic mass is 32.2. The first-order valence-corrected chi connectivity index (χ1v) is 12.0. The molecule has 6 heteroatoms. The van der Waals surface area contributed by atoms with E-state index in [9.17, 15) is 8.42 Å². The monoisotopic (exact) mass is 423 g/mol. The third-order valence-corrected chi connectivity index (χ3v) is 7.54. The molecule has 0 saturated carbocycles. The molecule has 4 rings (SSSR count).